The molecule has 0 atom stereocenters. The van der Waals surface area contributed by atoms with Crippen LogP contribution in [0.15, 0.2) is 35.3 Å². The summed E-state index contributed by atoms with van der Waals surface area (Å²) in [6, 6.07) is 3.62. The molecule has 6 nitrogen and oxygen atoms in total. The van der Waals surface area contributed by atoms with Crippen molar-refractivity contribution in [3.8, 4) is 0 Å². The lowest BCUT2D eigenvalue weighted by atomic mass is 10.3. The van der Waals surface area contributed by atoms with E-state index in [1.807, 2.05) is 6.07 Å². The average molecular weight is 293 g/mol. The minimum atomic E-state index is -0.130. The molecule has 3 heterocycles. The summed E-state index contributed by atoms with van der Waals surface area (Å²) >= 11 is 6.13. The van der Waals surface area contributed by atoms with E-state index in [2.05, 4.69) is 14.9 Å². The maximum absolute atomic E-state index is 12.1. The number of hydrogen-bond donors (Lipinski definition) is 0. The van der Waals surface area contributed by atoms with Crippen molar-refractivity contribution in [3.63, 3.8) is 0 Å². The lowest BCUT2D eigenvalue weighted by Gasteiger charge is -2.35. The van der Waals surface area contributed by atoms with Crippen molar-refractivity contribution in [2.75, 3.05) is 31.1 Å². The molecule has 1 aliphatic rings. The largest absolute Gasteiger partial charge is 0.438 e. The number of piperazine rings is 1. The van der Waals surface area contributed by atoms with Gasteiger partial charge in [-0.1, -0.05) is 11.6 Å². The van der Waals surface area contributed by atoms with Crippen molar-refractivity contribution in [1.29, 1.82) is 0 Å². The molecule has 1 saturated heterocycles. The van der Waals surface area contributed by atoms with Crippen LogP contribution in [0.5, 0.6) is 0 Å². The second-order valence-electron chi connectivity index (χ2n) is 4.45. The third-order valence-electron chi connectivity index (χ3n) is 3.25. The molecule has 0 saturated carbocycles. The van der Waals surface area contributed by atoms with Crippen LogP contribution in [0.2, 0.25) is 5.02 Å². The maximum atomic E-state index is 12.1. The molecule has 0 spiro atoms. The summed E-state index contributed by atoms with van der Waals surface area (Å²) in [7, 11) is 0. The number of carbonyl (C=O) groups excluding carboxylic acids is 1. The minimum Gasteiger partial charge on any atom is -0.438 e. The Bertz CT molecular complexity index is 594. The summed E-state index contributed by atoms with van der Waals surface area (Å²) < 4.78 is 5.03. The first-order valence-electron chi connectivity index (χ1n) is 6.29. The molecular formula is C13H13ClN4O2. The van der Waals surface area contributed by atoms with Gasteiger partial charge in [0.1, 0.15) is 5.82 Å². The molecule has 0 aliphatic carbocycles. The highest BCUT2D eigenvalue weighted by Crippen LogP contribution is 2.23. The second-order valence-corrected chi connectivity index (χ2v) is 4.86. The van der Waals surface area contributed by atoms with Gasteiger partial charge in [0, 0.05) is 32.4 Å². The van der Waals surface area contributed by atoms with Crippen LogP contribution in [0.3, 0.4) is 0 Å². The van der Waals surface area contributed by atoms with Crippen LogP contribution in [0, 0.1) is 0 Å². The van der Waals surface area contributed by atoms with Crippen molar-refractivity contribution >= 4 is 23.3 Å². The SMILES string of the molecule is O=C(c1cnco1)N1CCN(c2ncccc2Cl)CC1. The Morgan fingerprint density at radius 1 is 1.30 bits per heavy atom. The first-order chi connectivity index (χ1) is 9.75. The smallest absolute Gasteiger partial charge is 0.291 e. The van der Waals surface area contributed by atoms with Crippen LogP contribution in [0.25, 0.3) is 0 Å². The number of pyridine rings is 1. The highest BCUT2D eigenvalue weighted by Gasteiger charge is 2.25. The van der Waals surface area contributed by atoms with E-state index in [1.54, 1.807) is 17.2 Å². The highest BCUT2D eigenvalue weighted by molar-refractivity contribution is 6.32. The van der Waals surface area contributed by atoms with E-state index < -0.39 is 0 Å². The Morgan fingerprint density at radius 2 is 2.10 bits per heavy atom. The number of nitrogens with zero attached hydrogens (tertiary/aromatic N) is 4. The molecule has 0 unspecified atom stereocenters. The van der Waals surface area contributed by atoms with Gasteiger partial charge in [-0.15, -0.1) is 0 Å². The van der Waals surface area contributed by atoms with Gasteiger partial charge in [0.15, 0.2) is 6.39 Å². The molecular weight excluding hydrogens is 280 g/mol. The number of anilines is 1. The van der Waals surface area contributed by atoms with Gasteiger partial charge in [-0.2, -0.15) is 0 Å². The molecule has 0 bridgehead atoms. The van der Waals surface area contributed by atoms with Crippen LogP contribution in [0.1, 0.15) is 10.6 Å². The van der Waals surface area contributed by atoms with Crippen molar-refractivity contribution < 1.29 is 9.21 Å². The minimum absolute atomic E-state index is 0.130. The Morgan fingerprint density at radius 3 is 2.75 bits per heavy atom. The van der Waals surface area contributed by atoms with E-state index >= 15 is 0 Å². The molecule has 1 fully saturated rings. The lowest BCUT2D eigenvalue weighted by molar-refractivity contribution is 0.0714. The predicted molar refractivity (Wildman–Crippen MR) is 73.9 cm³/mol. The fourth-order valence-corrected chi connectivity index (χ4v) is 2.45. The average Bonchev–Trinajstić information content (AvgIpc) is 3.01. The lowest BCUT2D eigenvalue weighted by Crippen LogP contribution is -2.49. The molecule has 0 aromatic carbocycles. The summed E-state index contributed by atoms with van der Waals surface area (Å²) in [6.07, 6.45) is 4.41. The summed E-state index contributed by atoms with van der Waals surface area (Å²) in [5, 5.41) is 0.627. The van der Waals surface area contributed by atoms with Crippen LogP contribution in [-0.4, -0.2) is 47.0 Å². The molecule has 104 valence electrons. The van der Waals surface area contributed by atoms with E-state index in [0.717, 1.165) is 5.82 Å². The van der Waals surface area contributed by atoms with Gasteiger partial charge in [0.25, 0.3) is 5.91 Å². The number of aromatic nitrogens is 2. The van der Waals surface area contributed by atoms with Crippen LogP contribution >= 0.6 is 11.6 Å². The van der Waals surface area contributed by atoms with Crippen molar-refractivity contribution in [3.05, 3.63) is 41.7 Å². The fraction of sp³-hybridized carbons (Fsp3) is 0.308. The van der Waals surface area contributed by atoms with Gasteiger partial charge in [-0.05, 0) is 12.1 Å². The third kappa shape index (κ3) is 2.46. The normalized spacial score (nSPS) is 15.4. The van der Waals surface area contributed by atoms with Gasteiger partial charge < -0.3 is 14.2 Å². The number of halogens is 1. The monoisotopic (exact) mass is 292 g/mol. The van der Waals surface area contributed by atoms with E-state index in [1.165, 1.54) is 12.6 Å². The van der Waals surface area contributed by atoms with Crippen molar-refractivity contribution in [2.45, 2.75) is 0 Å². The number of carbonyl (C=O) groups is 1. The second kappa shape index (κ2) is 5.50. The van der Waals surface area contributed by atoms with E-state index in [4.69, 9.17) is 16.0 Å². The van der Waals surface area contributed by atoms with Gasteiger partial charge in [0.2, 0.25) is 5.76 Å². The van der Waals surface area contributed by atoms with E-state index in [-0.39, 0.29) is 11.7 Å². The van der Waals surface area contributed by atoms with Crippen molar-refractivity contribution in [1.82, 2.24) is 14.9 Å². The van der Waals surface area contributed by atoms with Gasteiger partial charge in [-0.25, -0.2) is 9.97 Å². The fourth-order valence-electron chi connectivity index (χ4n) is 2.21. The zero-order chi connectivity index (χ0) is 13.9. The molecule has 1 aliphatic heterocycles. The van der Waals surface area contributed by atoms with Crippen LogP contribution < -0.4 is 4.90 Å². The quantitative estimate of drug-likeness (QED) is 0.843. The number of amides is 1. The molecule has 0 radical (unpaired) electrons. The topological polar surface area (TPSA) is 62.5 Å². The Balaban J connectivity index is 1.65. The van der Waals surface area contributed by atoms with Crippen LogP contribution in [-0.2, 0) is 0 Å². The van der Waals surface area contributed by atoms with E-state index in [0.29, 0.717) is 31.2 Å². The van der Waals surface area contributed by atoms with Gasteiger partial charge >= 0.3 is 0 Å². The Kier molecular flexibility index (Phi) is 3.56. The van der Waals surface area contributed by atoms with E-state index in [9.17, 15) is 4.79 Å². The number of hydrogen-bond acceptors (Lipinski definition) is 5. The molecule has 0 N–H and O–H groups in total. The number of oxazole rings is 1. The predicted octanol–water partition coefficient (Wildman–Crippen LogP) is 1.69. The van der Waals surface area contributed by atoms with Crippen LogP contribution in [0.4, 0.5) is 5.82 Å². The zero-order valence-electron chi connectivity index (χ0n) is 10.7. The molecule has 1 amide bonds. The first kappa shape index (κ1) is 12.9. The Hall–Kier alpha value is -2.08. The summed E-state index contributed by atoms with van der Waals surface area (Å²) in [5.74, 6) is 0.907. The molecule has 2 aromatic rings. The molecule has 3 rings (SSSR count). The third-order valence-corrected chi connectivity index (χ3v) is 3.54. The molecule has 7 heteroatoms. The molecule has 20 heavy (non-hydrogen) atoms. The van der Waals surface area contributed by atoms with Gasteiger partial charge in [-0.3, -0.25) is 4.79 Å². The molecule has 2 aromatic heterocycles. The summed E-state index contributed by atoms with van der Waals surface area (Å²) in [5.41, 5.74) is 0. The van der Waals surface area contributed by atoms with Crippen molar-refractivity contribution in [2.24, 2.45) is 0 Å². The maximum Gasteiger partial charge on any atom is 0.291 e. The van der Waals surface area contributed by atoms with Gasteiger partial charge in [0.05, 0.1) is 11.2 Å². The zero-order valence-corrected chi connectivity index (χ0v) is 11.5. The first-order valence-corrected chi connectivity index (χ1v) is 6.67. The number of rotatable bonds is 2. The summed E-state index contributed by atoms with van der Waals surface area (Å²) in [6.45, 7) is 2.59. The standard InChI is InChI=1S/C13H13ClN4O2/c14-10-2-1-3-16-12(10)17-4-6-18(7-5-17)13(19)11-8-15-9-20-11/h1-3,8-9H,4-7H2. The Labute approximate surface area is 121 Å². The summed E-state index contributed by atoms with van der Waals surface area (Å²) in [4.78, 5) is 24.0. The highest BCUT2D eigenvalue weighted by atomic mass is 35.5.